The largest absolute Gasteiger partial charge is 0.435 e. The van der Waals surface area contributed by atoms with Crippen molar-refractivity contribution in [1.82, 2.24) is 4.98 Å². The highest BCUT2D eigenvalue weighted by molar-refractivity contribution is 9.10. The highest BCUT2D eigenvalue weighted by Crippen LogP contribution is 2.36. The van der Waals surface area contributed by atoms with Gasteiger partial charge in [-0.3, -0.25) is 0 Å². The van der Waals surface area contributed by atoms with Crippen LogP contribution in [0.15, 0.2) is 53.1 Å². The summed E-state index contributed by atoms with van der Waals surface area (Å²) < 4.78 is 20.3. The topological polar surface area (TPSA) is 42.4 Å². The fourth-order valence-corrected chi connectivity index (χ4v) is 2.63. The first-order valence-corrected chi connectivity index (χ1v) is 7.09. The first-order chi connectivity index (χ1) is 10.2. The Balaban J connectivity index is 2.04. The van der Waals surface area contributed by atoms with Gasteiger partial charge >= 0.3 is 0 Å². The lowest BCUT2D eigenvalue weighted by atomic mass is 10.1. The Labute approximate surface area is 129 Å². The average Bonchev–Trinajstić information content (AvgIpc) is 2.52. The summed E-state index contributed by atoms with van der Waals surface area (Å²) in [6.07, 6.45) is 1.40. The molecule has 0 amide bonds. The van der Waals surface area contributed by atoms with Crippen molar-refractivity contribution in [2.45, 2.75) is 6.61 Å². The van der Waals surface area contributed by atoms with Crippen LogP contribution in [-0.4, -0.2) is 10.1 Å². The summed E-state index contributed by atoms with van der Waals surface area (Å²) in [5, 5.41) is 11.1. The number of pyridine rings is 1. The molecule has 0 unspecified atom stereocenters. The van der Waals surface area contributed by atoms with E-state index in [1.54, 1.807) is 6.07 Å². The van der Waals surface area contributed by atoms with Crippen molar-refractivity contribution in [3.8, 4) is 11.6 Å². The van der Waals surface area contributed by atoms with Crippen LogP contribution in [0, 0.1) is 5.82 Å². The van der Waals surface area contributed by atoms with Crippen LogP contribution in [0.2, 0.25) is 0 Å². The number of benzene rings is 2. The highest BCUT2D eigenvalue weighted by atomic mass is 79.9. The lowest BCUT2D eigenvalue weighted by Crippen LogP contribution is -1.97. The second-order valence-electron chi connectivity index (χ2n) is 4.45. The molecule has 106 valence electrons. The lowest BCUT2D eigenvalue weighted by molar-refractivity contribution is 0.273. The number of hydrogen-bond acceptors (Lipinski definition) is 3. The summed E-state index contributed by atoms with van der Waals surface area (Å²) in [5.41, 5.74) is 0.150. The maximum Gasteiger partial charge on any atom is 0.256 e. The molecule has 1 aromatic heterocycles. The maximum atomic E-state index is 14.0. The van der Waals surface area contributed by atoms with Gasteiger partial charge in [-0.05, 0) is 38.8 Å². The van der Waals surface area contributed by atoms with Crippen LogP contribution < -0.4 is 4.74 Å². The maximum absolute atomic E-state index is 14.0. The Morgan fingerprint density at radius 2 is 1.95 bits per heavy atom. The van der Waals surface area contributed by atoms with Crippen LogP contribution in [0.4, 0.5) is 4.39 Å². The fraction of sp³-hybridized carbons (Fsp3) is 0.0625. The van der Waals surface area contributed by atoms with Gasteiger partial charge in [-0.2, -0.15) is 0 Å². The number of ether oxygens (including phenoxy) is 1. The van der Waals surface area contributed by atoms with Gasteiger partial charge in [-0.15, -0.1) is 0 Å². The molecule has 0 bridgehead atoms. The van der Waals surface area contributed by atoms with Gasteiger partial charge in [0.25, 0.3) is 5.88 Å². The van der Waals surface area contributed by atoms with E-state index in [0.29, 0.717) is 5.75 Å². The van der Waals surface area contributed by atoms with Crippen LogP contribution >= 0.6 is 15.9 Å². The molecular weight excluding hydrogens is 337 g/mol. The third kappa shape index (κ3) is 2.62. The molecule has 3 nitrogen and oxygen atoms in total. The van der Waals surface area contributed by atoms with Crippen LogP contribution in [0.1, 0.15) is 5.56 Å². The normalized spacial score (nSPS) is 10.8. The third-order valence-electron chi connectivity index (χ3n) is 3.14. The number of aliphatic hydroxyl groups is 1. The second-order valence-corrected chi connectivity index (χ2v) is 5.24. The molecule has 0 aliphatic rings. The third-order valence-corrected chi connectivity index (χ3v) is 3.96. The first kappa shape index (κ1) is 14.0. The molecule has 0 aliphatic carbocycles. The Morgan fingerprint density at radius 3 is 2.76 bits per heavy atom. The summed E-state index contributed by atoms with van der Waals surface area (Å²) in [6, 6.07) is 12.8. The molecule has 3 rings (SSSR count). The van der Waals surface area contributed by atoms with E-state index in [0.717, 1.165) is 15.2 Å². The lowest BCUT2D eigenvalue weighted by Gasteiger charge is -2.11. The molecule has 0 radical (unpaired) electrons. The Morgan fingerprint density at radius 1 is 1.14 bits per heavy atom. The van der Waals surface area contributed by atoms with Crippen LogP contribution in [0.25, 0.3) is 10.8 Å². The quantitative estimate of drug-likeness (QED) is 0.762. The van der Waals surface area contributed by atoms with Crippen molar-refractivity contribution in [3.05, 3.63) is 64.5 Å². The predicted molar refractivity (Wildman–Crippen MR) is 81.8 cm³/mol. The van der Waals surface area contributed by atoms with Crippen molar-refractivity contribution >= 4 is 26.7 Å². The average molecular weight is 348 g/mol. The van der Waals surface area contributed by atoms with Crippen molar-refractivity contribution in [2.24, 2.45) is 0 Å². The smallest absolute Gasteiger partial charge is 0.256 e. The molecule has 0 fully saturated rings. The summed E-state index contributed by atoms with van der Waals surface area (Å²) >= 11 is 3.47. The molecule has 0 atom stereocenters. The zero-order valence-corrected chi connectivity index (χ0v) is 12.5. The Bertz CT molecular complexity index is 807. The minimum atomic E-state index is -0.653. The fourth-order valence-electron chi connectivity index (χ4n) is 2.05. The molecule has 1 heterocycles. The van der Waals surface area contributed by atoms with E-state index < -0.39 is 12.4 Å². The SMILES string of the molecule is OCc1ccnc(Oc2ccc3ccccc3c2Br)c1F. The predicted octanol–water partition coefficient (Wildman–Crippen LogP) is 4.42. The zero-order chi connectivity index (χ0) is 14.8. The van der Waals surface area contributed by atoms with Crippen LogP contribution in [-0.2, 0) is 6.61 Å². The zero-order valence-electron chi connectivity index (χ0n) is 10.9. The molecule has 21 heavy (non-hydrogen) atoms. The summed E-state index contributed by atoms with van der Waals surface area (Å²) in [4.78, 5) is 3.87. The summed E-state index contributed by atoms with van der Waals surface area (Å²) in [7, 11) is 0. The molecule has 0 saturated carbocycles. The van der Waals surface area contributed by atoms with Gasteiger partial charge in [0.1, 0.15) is 5.75 Å². The van der Waals surface area contributed by atoms with Crippen molar-refractivity contribution in [3.63, 3.8) is 0 Å². The minimum absolute atomic E-state index is 0.150. The van der Waals surface area contributed by atoms with Gasteiger partial charge in [0.05, 0.1) is 11.1 Å². The summed E-state index contributed by atoms with van der Waals surface area (Å²) in [5.74, 6) is -0.340. The monoisotopic (exact) mass is 347 g/mol. The van der Waals surface area contributed by atoms with E-state index in [1.807, 2.05) is 30.3 Å². The van der Waals surface area contributed by atoms with Gasteiger partial charge < -0.3 is 9.84 Å². The molecule has 1 N–H and O–H groups in total. The van der Waals surface area contributed by atoms with E-state index in [1.165, 1.54) is 12.3 Å². The Kier molecular flexibility index (Phi) is 3.86. The van der Waals surface area contributed by atoms with Crippen LogP contribution in [0.3, 0.4) is 0 Å². The number of rotatable bonds is 3. The molecule has 2 aromatic carbocycles. The molecule has 0 saturated heterocycles. The number of halogens is 2. The minimum Gasteiger partial charge on any atom is -0.435 e. The molecule has 0 spiro atoms. The molecular formula is C16H11BrFNO2. The highest BCUT2D eigenvalue weighted by Gasteiger charge is 2.13. The van der Waals surface area contributed by atoms with Gasteiger partial charge in [0.2, 0.25) is 0 Å². The van der Waals surface area contributed by atoms with E-state index in [4.69, 9.17) is 9.84 Å². The van der Waals surface area contributed by atoms with Gasteiger partial charge in [0.15, 0.2) is 5.82 Å². The second kappa shape index (κ2) is 5.79. The van der Waals surface area contributed by atoms with E-state index >= 15 is 0 Å². The van der Waals surface area contributed by atoms with Gasteiger partial charge in [-0.1, -0.05) is 30.3 Å². The van der Waals surface area contributed by atoms with Crippen molar-refractivity contribution in [2.75, 3.05) is 0 Å². The van der Waals surface area contributed by atoms with Gasteiger partial charge in [-0.25, -0.2) is 9.37 Å². The van der Waals surface area contributed by atoms with Gasteiger partial charge in [0, 0.05) is 11.8 Å². The van der Waals surface area contributed by atoms with E-state index in [2.05, 4.69) is 20.9 Å². The van der Waals surface area contributed by atoms with Crippen molar-refractivity contribution < 1.29 is 14.2 Å². The number of aromatic nitrogens is 1. The molecule has 5 heteroatoms. The van der Waals surface area contributed by atoms with Crippen LogP contribution in [0.5, 0.6) is 11.6 Å². The number of aliphatic hydroxyl groups excluding tert-OH is 1. The number of hydrogen-bond donors (Lipinski definition) is 1. The standard InChI is InChI=1S/C16H11BrFNO2/c17-14-12-4-2-1-3-10(12)5-6-13(14)21-16-15(18)11(9-20)7-8-19-16/h1-8,20H,9H2. The first-order valence-electron chi connectivity index (χ1n) is 6.30. The summed E-state index contributed by atoms with van der Waals surface area (Å²) in [6.45, 7) is -0.399. The number of fused-ring (bicyclic) bond motifs is 1. The van der Waals surface area contributed by atoms with E-state index in [9.17, 15) is 4.39 Å². The molecule has 0 aliphatic heterocycles. The number of nitrogens with zero attached hydrogens (tertiary/aromatic N) is 1. The van der Waals surface area contributed by atoms with Crippen molar-refractivity contribution in [1.29, 1.82) is 0 Å². The van der Waals surface area contributed by atoms with E-state index in [-0.39, 0.29) is 11.4 Å². The Hall–Kier alpha value is -1.98. The molecule has 3 aromatic rings.